The smallest absolute Gasteiger partial charge is 0.307 e. The average molecular weight is 410 g/mol. The molecule has 0 aliphatic carbocycles. The van der Waals surface area contributed by atoms with Crippen molar-refractivity contribution >= 4 is 23.5 Å². The Hall–Kier alpha value is -3.19. The maximum atomic E-state index is 12.9. The highest BCUT2D eigenvalue weighted by Gasteiger charge is 2.24. The summed E-state index contributed by atoms with van der Waals surface area (Å²) in [5.74, 6) is -0.982. The van der Waals surface area contributed by atoms with Gasteiger partial charge < -0.3 is 20.1 Å². The lowest BCUT2D eigenvalue weighted by atomic mass is 10.0. The van der Waals surface area contributed by atoms with Crippen molar-refractivity contribution in [3.63, 3.8) is 0 Å². The number of benzene rings is 2. The fourth-order valence-electron chi connectivity index (χ4n) is 3.29. The van der Waals surface area contributed by atoms with Crippen LogP contribution < -0.4 is 10.6 Å². The minimum atomic E-state index is -0.532. The Bertz CT molecular complexity index is 904. The Morgan fingerprint density at radius 1 is 1.17 bits per heavy atom. The molecule has 2 aromatic carbocycles. The lowest BCUT2D eigenvalue weighted by Crippen LogP contribution is -2.31. The molecule has 0 bridgehead atoms. The number of aryl methyl sites for hydroxylation is 1. The van der Waals surface area contributed by atoms with E-state index in [9.17, 15) is 14.4 Å². The van der Waals surface area contributed by atoms with Crippen LogP contribution in [0.3, 0.4) is 0 Å². The number of esters is 1. The van der Waals surface area contributed by atoms with E-state index in [0.29, 0.717) is 24.3 Å². The second-order valence-corrected chi connectivity index (χ2v) is 7.29. The first-order valence-electron chi connectivity index (χ1n) is 9.93. The molecule has 1 heterocycles. The number of rotatable bonds is 7. The van der Waals surface area contributed by atoms with Crippen molar-refractivity contribution in [2.75, 3.05) is 19.0 Å². The summed E-state index contributed by atoms with van der Waals surface area (Å²) in [6, 6.07) is 13.7. The molecule has 7 heteroatoms. The SMILES string of the molecule is COC(=O)C[C@H](NC(=O)c1cccc(NC(=O)[C@H]2CCCO2)c1)c1ccc(C)cc1. The number of nitrogens with one attached hydrogen (secondary N) is 2. The molecule has 1 aliphatic rings. The van der Waals surface area contributed by atoms with Crippen LogP contribution in [0.5, 0.6) is 0 Å². The maximum absolute atomic E-state index is 12.9. The van der Waals surface area contributed by atoms with Crippen LogP contribution in [0, 0.1) is 6.92 Å². The van der Waals surface area contributed by atoms with Gasteiger partial charge in [0.15, 0.2) is 0 Å². The van der Waals surface area contributed by atoms with Gasteiger partial charge in [0.2, 0.25) is 0 Å². The summed E-state index contributed by atoms with van der Waals surface area (Å²) in [5.41, 5.74) is 2.78. The van der Waals surface area contributed by atoms with Crippen LogP contribution in [0.1, 0.15) is 46.8 Å². The van der Waals surface area contributed by atoms with Gasteiger partial charge in [0.05, 0.1) is 19.6 Å². The molecule has 0 spiro atoms. The quantitative estimate of drug-likeness (QED) is 0.684. The number of ether oxygens (including phenoxy) is 2. The summed E-state index contributed by atoms with van der Waals surface area (Å²) < 4.78 is 10.2. The van der Waals surface area contributed by atoms with Crippen LogP contribution in [0.2, 0.25) is 0 Å². The van der Waals surface area contributed by atoms with Crippen LogP contribution in [0.25, 0.3) is 0 Å². The van der Waals surface area contributed by atoms with Crippen molar-refractivity contribution < 1.29 is 23.9 Å². The largest absolute Gasteiger partial charge is 0.469 e. The van der Waals surface area contributed by atoms with Crippen LogP contribution in [0.4, 0.5) is 5.69 Å². The Balaban J connectivity index is 1.72. The molecule has 0 unspecified atom stereocenters. The minimum Gasteiger partial charge on any atom is -0.469 e. The number of hydrogen-bond acceptors (Lipinski definition) is 5. The van der Waals surface area contributed by atoms with E-state index in [-0.39, 0.29) is 18.2 Å². The standard InChI is InChI=1S/C23H26N2O5/c1-15-8-10-16(11-9-15)19(14-21(26)29-2)25-22(27)17-5-3-6-18(13-17)24-23(28)20-7-4-12-30-20/h3,5-6,8-11,13,19-20H,4,7,12,14H2,1-2H3,(H,24,28)(H,25,27)/t19-,20+/m0/s1. The number of carbonyl (C=O) groups is 3. The first-order valence-corrected chi connectivity index (χ1v) is 9.93. The van der Waals surface area contributed by atoms with Gasteiger partial charge in [-0.1, -0.05) is 35.9 Å². The molecule has 2 N–H and O–H groups in total. The zero-order valence-electron chi connectivity index (χ0n) is 17.1. The van der Waals surface area contributed by atoms with Gasteiger partial charge in [-0.25, -0.2) is 0 Å². The highest BCUT2D eigenvalue weighted by Crippen LogP contribution is 2.20. The van der Waals surface area contributed by atoms with E-state index in [2.05, 4.69) is 10.6 Å². The molecular formula is C23H26N2O5. The van der Waals surface area contributed by atoms with Gasteiger partial charge >= 0.3 is 5.97 Å². The Kier molecular flexibility index (Phi) is 7.19. The molecule has 30 heavy (non-hydrogen) atoms. The summed E-state index contributed by atoms with van der Waals surface area (Å²) in [6.07, 6.45) is 1.12. The van der Waals surface area contributed by atoms with Crippen molar-refractivity contribution in [1.82, 2.24) is 5.32 Å². The number of amides is 2. The fraction of sp³-hybridized carbons (Fsp3) is 0.348. The first-order chi connectivity index (χ1) is 14.5. The van der Waals surface area contributed by atoms with Crippen molar-refractivity contribution in [3.05, 3.63) is 65.2 Å². The number of anilines is 1. The molecule has 1 fully saturated rings. The predicted octanol–water partition coefficient (Wildman–Crippen LogP) is 3.15. The van der Waals surface area contributed by atoms with E-state index >= 15 is 0 Å². The van der Waals surface area contributed by atoms with Crippen molar-refractivity contribution in [2.24, 2.45) is 0 Å². The summed E-state index contributed by atoms with van der Waals surface area (Å²) >= 11 is 0. The third-order valence-electron chi connectivity index (χ3n) is 5.00. The van der Waals surface area contributed by atoms with E-state index < -0.39 is 18.1 Å². The molecule has 0 radical (unpaired) electrons. The van der Waals surface area contributed by atoms with Gasteiger partial charge in [0.1, 0.15) is 6.10 Å². The van der Waals surface area contributed by atoms with Crippen LogP contribution >= 0.6 is 0 Å². The summed E-state index contributed by atoms with van der Waals surface area (Å²) in [4.78, 5) is 37.0. The lowest BCUT2D eigenvalue weighted by Gasteiger charge is -2.19. The zero-order valence-corrected chi connectivity index (χ0v) is 17.1. The molecule has 1 aliphatic heterocycles. The van der Waals surface area contributed by atoms with Gasteiger partial charge in [0, 0.05) is 17.9 Å². The van der Waals surface area contributed by atoms with Gasteiger partial charge in [-0.05, 0) is 43.5 Å². The number of carbonyl (C=O) groups excluding carboxylic acids is 3. The van der Waals surface area contributed by atoms with Crippen LogP contribution in [-0.2, 0) is 19.1 Å². The zero-order chi connectivity index (χ0) is 21.5. The van der Waals surface area contributed by atoms with E-state index in [1.54, 1.807) is 24.3 Å². The Morgan fingerprint density at radius 3 is 2.60 bits per heavy atom. The lowest BCUT2D eigenvalue weighted by molar-refractivity contribution is -0.141. The Labute approximate surface area is 175 Å². The molecule has 158 valence electrons. The molecule has 0 aromatic heterocycles. The highest BCUT2D eigenvalue weighted by atomic mass is 16.5. The third-order valence-corrected chi connectivity index (χ3v) is 5.00. The summed E-state index contributed by atoms with van der Waals surface area (Å²) in [7, 11) is 1.32. The number of hydrogen-bond donors (Lipinski definition) is 2. The summed E-state index contributed by atoms with van der Waals surface area (Å²) in [5, 5.41) is 5.69. The fourth-order valence-corrected chi connectivity index (χ4v) is 3.29. The second-order valence-electron chi connectivity index (χ2n) is 7.29. The molecule has 3 rings (SSSR count). The van der Waals surface area contributed by atoms with Crippen molar-refractivity contribution in [2.45, 2.75) is 38.3 Å². The van der Waals surface area contributed by atoms with Crippen molar-refractivity contribution in [3.8, 4) is 0 Å². The molecule has 0 saturated carbocycles. The van der Waals surface area contributed by atoms with Gasteiger partial charge in [-0.3, -0.25) is 14.4 Å². The van der Waals surface area contributed by atoms with Gasteiger partial charge in [-0.15, -0.1) is 0 Å². The van der Waals surface area contributed by atoms with E-state index in [0.717, 1.165) is 17.5 Å². The van der Waals surface area contributed by atoms with E-state index in [1.807, 2.05) is 31.2 Å². The monoisotopic (exact) mass is 410 g/mol. The molecule has 7 nitrogen and oxygen atoms in total. The van der Waals surface area contributed by atoms with Crippen molar-refractivity contribution in [1.29, 1.82) is 0 Å². The molecule has 2 amide bonds. The average Bonchev–Trinajstić information content (AvgIpc) is 3.29. The molecule has 2 atom stereocenters. The van der Waals surface area contributed by atoms with Gasteiger partial charge in [-0.2, -0.15) is 0 Å². The normalized spacial score (nSPS) is 16.5. The second kappa shape index (κ2) is 10.0. The van der Waals surface area contributed by atoms with E-state index in [1.165, 1.54) is 7.11 Å². The first kappa shape index (κ1) is 21.5. The Morgan fingerprint density at radius 2 is 1.93 bits per heavy atom. The van der Waals surface area contributed by atoms with E-state index in [4.69, 9.17) is 9.47 Å². The molecular weight excluding hydrogens is 384 g/mol. The maximum Gasteiger partial charge on any atom is 0.307 e. The predicted molar refractivity (Wildman–Crippen MR) is 112 cm³/mol. The minimum absolute atomic E-state index is 0.0146. The molecule has 2 aromatic rings. The summed E-state index contributed by atoms with van der Waals surface area (Å²) in [6.45, 7) is 2.55. The van der Waals surface area contributed by atoms with Crippen LogP contribution in [-0.4, -0.2) is 37.6 Å². The van der Waals surface area contributed by atoms with Crippen LogP contribution in [0.15, 0.2) is 48.5 Å². The third kappa shape index (κ3) is 5.67. The number of methoxy groups -OCH3 is 1. The van der Waals surface area contributed by atoms with Gasteiger partial charge in [0.25, 0.3) is 11.8 Å². The molecule has 1 saturated heterocycles. The topological polar surface area (TPSA) is 93.7 Å². The highest BCUT2D eigenvalue weighted by molar-refractivity contribution is 5.98.